The predicted molar refractivity (Wildman–Crippen MR) is 118 cm³/mol. The molecule has 1 saturated heterocycles. The molecule has 0 aromatic heterocycles. The van der Waals surface area contributed by atoms with Crippen LogP contribution in [0.3, 0.4) is 0 Å². The zero-order valence-electron chi connectivity index (χ0n) is 17.6. The lowest BCUT2D eigenvalue weighted by Gasteiger charge is -2.47. The highest BCUT2D eigenvalue weighted by Gasteiger charge is 2.40. The number of ether oxygens (including phenoxy) is 1. The summed E-state index contributed by atoms with van der Waals surface area (Å²) >= 11 is 6.08. The van der Waals surface area contributed by atoms with Crippen molar-refractivity contribution in [2.24, 2.45) is 5.92 Å². The average molecular weight is 452 g/mol. The smallest absolute Gasteiger partial charge is 0.416 e. The van der Waals surface area contributed by atoms with Crippen LogP contribution in [-0.4, -0.2) is 31.1 Å². The van der Waals surface area contributed by atoms with Gasteiger partial charge in [0.1, 0.15) is 5.75 Å². The molecule has 4 rings (SSSR count). The number of nitrogens with zero attached hydrogens (tertiary/aromatic N) is 1. The van der Waals surface area contributed by atoms with Gasteiger partial charge in [0, 0.05) is 23.5 Å². The summed E-state index contributed by atoms with van der Waals surface area (Å²) in [7, 11) is 0. The summed E-state index contributed by atoms with van der Waals surface area (Å²) < 4.78 is 43.7. The first kappa shape index (κ1) is 22.5. The highest BCUT2D eigenvalue weighted by atomic mass is 35.5. The SMILES string of the molecule is FC(F)(F)c1ccc(OCC[C@H]2CCCN(CC3(c4ccc(Cl)cc4)CCC3)C2)cc1. The molecular formula is C25H29ClF3NO. The molecule has 1 saturated carbocycles. The van der Waals surface area contributed by atoms with E-state index in [2.05, 4.69) is 17.0 Å². The van der Waals surface area contributed by atoms with Crippen LogP contribution >= 0.6 is 11.6 Å². The van der Waals surface area contributed by atoms with Gasteiger partial charge in [0.2, 0.25) is 0 Å². The van der Waals surface area contributed by atoms with Gasteiger partial charge in [-0.1, -0.05) is 30.2 Å². The van der Waals surface area contributed by atoms with Crippen molar-refractivity contribution in [3.05, 3.63) is 64.7 Å². The molecular weight excluding hydrogens is 423 g/mol. The summed E-state index contributed by atoms with van der Waals surface area (Å²) in [6, 6.07) is 13.3. The highest BCUT2D eigenvalue weighted by Crippen LogP contribution is 2.45. The third-order valence-electron chi connectivity index (χ3n) is 6.87. The highest BCUT2D eigenvalue weighted by molar-refractivity contribution is 6.30. The lowest BCUT2D eigenvalue weighted by atomic mass is 9.64. The second kappa shape index (κ2) is 9.41. The molecule has 6 heteroatoms. The molecule has 2 aromatic rings. The van der Waals surface area contributed by atoms with Crippen molar-refractivity contribution >= 4 is 11.6 Å². The molecule has 0 unspecified atom stereocenters. The minimum absolute atomic E-state index is 0.253. The predicted octanol–water partition coefficient (Wildman–Crippen LogP) is 6.96. The van der Waals surface area contributed by atoms with Crippen molar-refractivity contribution in [3.63, 3.8) is 0 Å². The standard InChI is InChI=1S/C25H29ClF3NO/c26-22-8-4-20(5-9-22)24(13-2-14-24)18-30-15-1-3-19(17-30)12-16-31-23-10-6-21(7-11-23)25(27,28)29/h4-11,19H,1-3,12-18H2/t19-/m1/s1. The first-order chi connectivity index (χ1) is 14.8. The van der Waals surface area contributed by atoms with Crippen molar-refractivity contribution in [2.75, 3.05) is 26.2 Å². The summed E-state index contributed by atoms with van der Waals surface area (Å²) in [5.41, 5.74) is 1.01. The monoisotopic (exact) mass is 451 g/mol. The Morgan fingerprint density at radius 1 is 1.00 bits per heavy atom. The molecule has 0 spiro atoms. The topological polar surface area (TPSA) is 12.5 Å². The van der Waals surface area contributed by atoms with Crippen molar-refractivity contribution in [1.82, 2.24) is 4.90 Å². The second-order valence-electron chi connectivity index (χ2n) is 9.04. The van der Waals surface area contributed by atoms with Crippen LogP contribution in [0.15, 0.2) is 48.5 Å². The van der Waals surface area contributed by atoms with Crippen LogP contribution in [0.25, 0.3) is 0 Å². The van der Waals surface area contributed by atoms with Crippen LogP contribution in [0.1, 0.15) is 49.7 Å². The molecule has 0 bridgehead atoms. The maximum atomic E-state index is 12.7. The first-order valence-electron chi connectivity index (χ1n) is 11.1. The van der Waals surface area contributed by atoms with Crippen molar-refractivity contribution < 1.29 is 17.9 Å². The normalized spacial score (nSPS) is 21.5. The molecule has 168 valence electrons. The van der Waals surface area contributed by atoms with Gasteiger partial charge in [-0.25, -0.2) is 0 Å². The Bertz CT molecular complexity index is 847. The van der Waals surface area contributed by atoms with Gasteiger partial charge < -0.3 is 9.64 Å². The van der Waals surface area contributed by atoms with Crippen molar-refractivity contribution in [1.29, 1.82) is 0 Å². The zero-order valence-corrected chi connectivity index (χ0v) is 18.4. The van der Waals surface area contributed by atoms with E-state index in [4.69, 9.17) is 16.3 Å². The van der Waals surface area contributed by atoms with E-state index in [0.717, 1.165) is 43.2 Å². The van der Waals surface area contributed by atoms with Crippen molar-refractivity contribution in [3.8, 4) is 5.75 Å². The summed E-state index contributed by atoms with van der Waals surface area (Å²) in [4.78, 5) is 2.60. The van der Waals surface area contributed by atoms with Crippen LogP contribution < -0.4 is 4.74 Å². The van der Waals surface area contributed by atoms with E-state index < -0.39 is 11.7 Å². The van der Waals surface area contributed by atoms with Crippen LogP contribution in [0.5, 0.6) is 5.75 Å². The Morgan fingerprint density at radius 3 is 2.32 bits per heavy atom. The number of benzene rings is 2. The Kier molecular flexibility index (Phi) is 6.83. The van der Waals surface area contributed by atoms with Gasteiger partial charge in [-0.15, -0.1) is 0 Å². The van der Waals surface area contributed by atoms with Crippen molar-refractivity contribution in [2.45, 2.75) is 50.1 Å². The summed E-state index contributed by atoms with van der Waals surface area (Å²) in [5, 5.41) is 0.782. The number of piperidine rings is 1. The summed E-state index contributed by atoms with van der Waals surface area (Å²) in [5.74, 6) is 1.06. The lowest BCUT2D eigenvalue weighted by Crippen LogP contribution is -2.48. The van der Waals surface area contributed by atoms with Gasteiger partial charge in [-0.3, -0.25) is 0 Å². The number of rotatable bonds is 7. The van der Waals surface area contributed by atoms with E-state index in [9.17, 15) is 13.2 Å². The van der Waals surface area contributed by atoms with Crippen LogP contribution in [-0.2, 0) is 11.6 Å². The van der Waals surface area contributed by atoms with Crippen LogP contribution in [0.2, 0.25) is 5.02 Å². The lowest BCUT2D eigenvalue weighted by molar-refractivity contribution is -0.137. The van der Waals surface area contributed by atoms with Gasteiger partial charge in [0.15, 0.2) is 0 Å². The Hall–Kier alpha value is -1.72. The fourth-order valence-electron chi connectivity index (χ4n) is 4.99. The van der Waals surface area contributed by atoms with Gasteiger partial charge in [0.05, 0.1) is 12.2 Å². The van der Waals surface area contributed by atoms with Crippen LogP contribution in [0, 0.1) is 5.92 Å². The molecule has 2 fully saturated rings. The molecule has 2 aliphatic rings. The second-order valence-corrected chi connectivity index (χ2v) is 9.48. The van der Waals surface area contributed by atoms with Gasteiger partial charge >= 0.3 is 6.18 Å². The average Bonchev–Trinajstić information content (AvgIpc) is 2.72. The quantitative estimate of drug-likeness (QED) is 0.451. The molecule has 1 heterocycles. The van der Waals surface area contributed by atoms with E-state index >= 15 is 0 Å². The Morgan fingerprint density at radius 2 is 1.71 bits per heavy atom. The van der Waals surface area contributed by atoms with Gasteiger partial charge in [0.25, 0.3) is 0 Å². The minimum Gasteiger partial charge on any atom is -0.494 e. The number of alkyl halides is 3. The fourth-order valence-corrected chi connectivity index (χ4v) is 5.11. The number of hydrogen-bond acceptors (Lipinski definition) is 2. The Balaban J connectivity index is 1.27. The van der Waals surface area contributed by atoms with E-state index in [1.54, 1.807) is 0 Å². The maximum absolute atomic E-state index is 12.7. The summed E-state index contributed by atoms with van der Waals surface area (Å²) in [6.45, 7) is 3.81. The molecule has 1 aliphatic carbocycles. The minimum atomic E-state index is -4.31. The third kappa shape index (κ3) is 5.56. The molecule has 2 aromatic carbocycles. The van der Waals surface area contributed by atoms with E-state index in [-0.39, 0.29) is 5.41 Å². The molecule has 1 aliphatic heterocycles. The summed E-state index contributed by atoms with van der Waals surface area (Å²) in [6.07, 6.45) is 2.71. The molecule has 0 amide bonds. The number of likely N-dealkylation sites (tertiary alicyclic amines) is 1. The van der Waals surface area contributed by atoms with E-state index in [1.807, 2.05) is 12.1 Å². The number of hydrogen-bond donors (Lipinski definition) is 0. The zero-order chi connectivity index (χ0) is 21.9. The Labute approximate surface area is 187 Å². The molecule has 1 atom stereocenters. The third-order valence-corrected chi connectivity index (χ3v) is 7.13. The maximum Gasteiger partial charge on any atom is 0.416 e. The molecule has 2 nitrogen and oxygen atoms in total. The fraction of sp³-hybridized carbons (Fsp3) is 0.520. The first-order valence-corrected chi connectivity index (χ1v) is 11.5. The van der Waals surface area contributed by atoms with Crippen LogP contribution in [0.4, 0.5) is 13.2 Å². The van der Waals surface area contributed by atoms with E-state index in [1.165, 1.54) is 49.8 Å². The van der Waals surface area contributed by atoms with E-state index in [0.29, 0.717) is 18.3 Å². The van der Waals surface area contributed by atoms with Gasteiger partial charge in [-0.2, -0.15) is 13.2 Å². The molecule has 0 N–H and O–H groups in total. The molecule has 31 heavy (non-hydrogen) atoms. The van der Waals surface area contributed by atoms with Gasteiger partial charge in [-0.05, 0) is 86.5 Å². The molecule has 0 radical (unpaired) electrons. The largest absolute Gasteiger partial charge is 0.494 e. The number of halogens is 4.